The quantitative estimate of drug-likeness (QED) is 0.499. The van der Waals surface area contributed by atoms with E-state index < -0.39 is 0 Å². The van der Waals surface area contributed by atoms with E-state index in [0.717, 1.165) is 20.3 Å². The van der Waals surface area contributed by atoms with Crippen molar-refractivity contribution < 1.29 is 4.79 Å². The normalized spacial score (nSPS) is 10.5. The standard InChI is InChI=1S/C15H11Cl2IO/c1-9-3-2-4-12(15(9)18)14(19)8-10-7-11(16)5-6-13(10)17/h2-7H,8H2,1H3. The summed E-state index contributed by atoms with van der Waals surface area (Å²) in [6, 6.07) is 10.9. The number of hydrogen-bond donors (Lipinski definition) is 0. The van der Waals surface area contributed by atoms with Gasteiger partial charge in [0.1, 0.15) is 0 Å². The maximum Gasteiger partial charge on any atom is 0.168 e. The fourth-order valence-electron chi connectivity index (χ4n) is 1.81. The third-order valence-electron chi connectivity index (χ3n) is 2.85. The molecule has 0 aliphatic rings. The van der Waals surface area contributed by atoms with E-state index in [1.807, 2.05) is 25.1 Å². The van der Waals surface area contributed by atoms with Crippen LogP contribution >= 0.6 is 45.8 Å². The molecule has 0 aliphatic carbocycles. The van der Waals surface area contributed by atoms with Crippen LogP contribution in [-0.4, -0.2) is 5.78 Å². The summed E-state index contributed by atoms with van der Waals surface area (Å²) in [5.74, 6) is 0.0530. The smallest absolute Gasteiger partial charge is 0.168 e. The summed E-state index contributed by atoms with van der Waals surface area (Å²) in [4.78, 5) is 12.3. The summed E-state index contributed by atoms with van der Waals surface area (Å²) < 4.78 is 0.989. The molecule has 0 spiro atoms. The number of halogens is 3. The first kappa shape index (κ1) is 14.8. The second-order valence-corrected chi connectivity index (χ2v) is 6.19. The van der Waals surface area contributed by atoms with Crippen LogP contribution in [0.4, 0.5) is 0 Å². The average molecular weight is 405 g/mol. The first-order valence-electron chi connectivity index (χ1n) is 5.71. The highest BCUT2D eigenvalue weighted by Gasteiger charge is 2.13. The minimum absolute atomic E-state index is 0.0530. The fraction of sp³-hybridized carbons (Fsp3) is 0.133. The summed E-state index contributed by atoms with van der Waals surface area (Å²) in [7, 11) is 0. The summed E-state index contributed by atoms with van der Waals surface area (Å²) in [6.45, 7) is 1.99. The van der Waals surface area contributed by atoms with Crippen molar-refractivity contribution in [1.29, 1.82) is 0 Å². The van der Waals surface area contributed by atoms with E-state index in [9.17, 15) is 4.79 Å². The Balaban J connectivity index is 2.31. The van der Waals surface area contributed by atoms with Crippen LogP contribution in [0.15, 0.2) is 36.4 Å². The maximum absolute atomic E-state index is 12.3. The van der Waals surface area contributed by atoms with Crippen molar-refractivity contribution in [3.63, 3.8) is 0 Å². The molecule has 0 bridgehead atoms. The molecule has 98 valence electrons. The zero-order valence-corrected chi connectivity index (χ0v) is 13.9. The van der Waals surface area contributed by atoms with Gasteiger partial charge in [0.05, 0.1) is 0 Å². The lowest BCUT2D eigenvalue weighted by molar-refractivity contribution is 0.0992. The first-order chi connectivity index (χ1) is 8.99. The predicted molar refractivity (Wildman–Crippen MR) is 88.4 cm³/mol. The first-order valence-corrected chi connectivity index (χ1v) is 7.54. The van der Waals surface area contributed by atoms with Gasteiger partial charge in [-0.1, -0.05) is 41.4 Å². The van der Waals surface area contributed by atoms with E-state index in [-0.39, 0.29) is 12.2 Å². The van der Waals surface area contributed by atoms with Crippen LogP contribution in [0, 0.1) is 10.5 Å². The number of carbonyl (C=O) groups is 1. The molecule has 1 nitrogen and oxygen atoms in total. The fourth-order valence-corrected chi connectivity index (χ4v) is 2.85. The van der Waals surface area contributed by atoms with Gasteiger partial charge in [-0.2, -0.15) is 0 Å². The molecule has 0 atom stereocenters. The minimum Gasteiger partial charge on any atom is -0.294 e. The molecule has 0 unspecified atom stereocenters. The van der Waals surface area contributed by atoms with Crippen molar-refractivity contribution >= 4 is 51.6 Å². The Morgan fingerprint density at radius 3 is 2.68 bits per heavy atom. The SMILES string of the molecule is Cc1cccc(C(=O)Cc2cc(Cl)ccc2Cl)c1I. The zero-order valence-electron chi connectivity index (χ0n) is 10.2. The van der Waals surface area contributed by atoms with Gasteiger partial charge in [-0.05, 0) is 58.8 Å². The number of ketones is 1. The molecule has 0 heterocycles. The highest BCUT2D eigenvalue weighted by molar-refractivity contribution is 14.1. The van der Waals surface area contributed by atoms with Crippen LogP contribution in [0.25, 0.3) is 0 Å². The Bertz CT molecular complexity index is 638. The Labute approximate surface area is 136 Å². The number of benzene rings is 2. The molecule has 2 aromatic carbocycles. The molecular formula is C15H11Cl2IO. The van der Waals surface area contributed by atoms with Gasteiger partial charge in [-0.25, -0.2) is 0 Å². The van der Waals surface area contributed by atoms with Crippen molar-refractivity contribution in [1.82, 2.24) is 0 Å². The number of Topliss-reactive ketones (excluding diaryl/α,β-unsaturated/α-hetero) is 1. The highest BCUT2D eigenvalue weighted by atomic mass is 127. The molecule has 0 saturated carbocycles. The van der Waals surface area contributed by atoms with Gasteiger partial charge in [0.15, 0.2) is 5.78 Å². The molecule has 0 amide bonds. The second kappa shape index (κ2) is 6.25. The van der Waals surface area contributed by atoms with E-state index in [2.05, 4.69) is 22.6 Å². The number of carbonyl (C=O) groups excluding carboxylic acids is 1. The van der Waals surface area contributed by atoms with Gasteiger partial charge >= 0.3 is 0 Å². The van der Waals surface area contributed by atoms with Crippen molar-refractivity contribution in [2.24, 2.45) is 0 Å². The number of hydrogen-bond acceptors (Lipinski definition) is 1. The van der Waals surface area contributed by atoms with Crippen molar-refractivity contribution in [2.75, 3.05) is 0 Å². The zero-order chi connectivity index (χ0) is 14.0. The highest BCUT2D eigenvalue weighted by Crippen LogP contribution is 2.24. The van der Waals surface area contributed by atoms with Gasteiger partial charge in [0.25, 0.3) is 0 Å². The van der Waals surface area contributed by atoms with E-state index in [1.165, 1.54) is 0 Å². The Morgan fingerprint density at radius 1 is 1.21 bits per heavy atom. The molecule has 0 N–H and O–H groups in total. The third-order valence-corrected chi connectivity index (χ3v) is 4.89. The largest absolute Gasteiger partial charge is 0.294 e. The van der Waals surface area contributed by atoms with Crippen LogP contribution in [-0.2, 0) is 6.42 Å². The van der Waals surface area contributed by atoms with Gasteiger partial charge in [-0.15, -0.1) is 0 Å². The lowest BCUT2D eigenvalue weighted by atomic mass is 10.0. The van der Waals surface area contributed by atoms with E-state index in [1.54, 1.807) is 18.2 Å². The molecule has 0 aromatic heterocycles. The van der Waals surface area contributed by atoms with E-state index in [4.69, 9.17) is 23.2 Å². The summed E-state index contributed by atoms with van der Waals surface area (Å²) in [5.41, 5.74) is 2.59. The molecule has 0 fully saturated rings. The Kier molecular flexibility index (Phi) is 4.87. The van der Waals surface area contributed by atoms with Crippen LogP contribution in [0.2, 0.25) is 10.0 Å². The van der Waals surface area contributed by atoms with Gasteiger partial charge in [0, 0.05) is 25.6 Å². The number of rotatable bonds is 3. The Hall–Kier alpha value is -0.580. The monoisotopic (exact) mass is 404 g/mol. The second-order valence-electron chi connectivity index (χ2n) is 4.27. The average Bonchev–Trinajstić information content (AvgIpc) is 2.37. The number of aryl methyl sites for hydroxylation is 1. The van der Waals surface area contributed by atoms with Gasteiger partial charge < -0.3 is 0 Å². The van der Waals surface area contributed by atoms with Crippen LogP contribution in [0.3, 0.4) is 0 Å². The molecule has 4 heteroatoms. The van der Waals surface area contributed by atoms with Crippen LogP contribution in [0.5, 0.6) is 0 Å². The van der Waals surface area contributed by atoms with Crippen molar-refractivity contribution in [3.05, 3.63) is 66.7 Å². The molecule has 2 rings (SSSR count). The predicted octanol–water partition coefficient (Wildman–Crippen LogP) is 5.33. The summed E-state index contributed by atoms with van der Waals surface area (Å²) >= 11 is 14.2. The molecule has 0 aliphatic heterocycles. The molecular weight excluding hydrogens is 394 g/mol. The maximum atomic E-state index is 12.3. The van der Waals surface area contributed by atoms with Gasteiger partial charge in [-0.3, -0.25) is 4.79 Å². The molecule has 19 heavy (non-hydrogen) atoms. The van der Waals surface area contributed by atoms with Crippen LogP contribution in [0.1, 0.15) is 21.5 Å². The Morgan fingerprint density at radius 2 is 1.95 bits per heavy atom. The topological polar surface area (TPSA) is 17.1 Å². The van der Waals surface area contributed by atoms with Crippen molar-refractivity contribution in [3.8, 4) is 0 Å². The van der Waals surface area contributed by atoms with Crippen molar-refractivity contribution in [2.45, 2.75) is 13.3 Å². The molecule has 0 radical (unpaired) electrons. The van der Waals surface area contributed by atoms with Crippen LogP contribution < -0.4 is 0 Å². The molecule has 2 aromatic rings. The summed E-state index contributed by atoms with van der Waals surface area (Å²) in [6.07, 6.45) is 0.263. The minimum atomic E-state index is 0.0530. The molecule has 0 saturated heterocycles. The third kappa shape index (κ3) is 3.50. The van der Waals surface area contributed by atoms with Gasteiger partial charge in [0.2, 0.25) is 0 Å². The van der Waals surface area contributed by atoms with E-state index in [0.29, 0.717) is 10.0 Å². The summed E-state index contributed by atoms with van der Waals surface area (Å²) in [5, 5.41) is 1.16. The lowest BCUT2D eigenvalue weighted by Gasteiger charge is -2.08. The lowest BCUT2D eigenvalue weighted by Crippen LogP contribution is -2.07. The van der Waals surface area contributed by atoms with E-state index >= 15 is 0 Å².